The maximum Gasteiger partial charge on any atom is 0.573 e. The third-order valence-electron chi connectivity index (χ3n) is 3.99. The molecule has 0 atom stereocenters. The van der Waals surface area contributed by atoms with E-state index in [0.29, 0.717) is 17.2 Å². The molecule has 0 radical (unpaired) electrons. The van der Waals surface area contributed by atoms with E-state index in [9.17, 15) is 23.3 Å². The van der Waals surface area contributed by atoms with Gasteiger partial charge in [0.1, 0.15) is 12.1 Å². The summed E-state index contributed by atoms with van der Waals surface area (Å²) in [6.45, 7) is 0.0767. The van der Waals surface area contributed by atoms with Crippen LogP contribution >= 0.6 is 0 Å². The zero-order chi connectivity index (χ0) is 22.0. The van der Waals surface area contributed by atoms with Gasteiger partial charge >= 0.3 is 12.0 Å². The molecule has 0 aliphatic carbocycles. The van der Waals surface area contributed by atoms with E-state index >= 15 is 0 Å². The molecule has 13 heteroatoms. The van der Waals surface area contributed by atoms with E-state index in [2.05, 4.69) is 25.3 Å². The largest absolute Gasteiger partial charge is 0.573 e. The third kappa shape index (κ3) is 4.66. The first-order valence-electron chi connectivity index (χ1n) is 8.57. The summed E-state index contributed by atoms with van der Waals surface area (Å²) in [5.41, 5.74) is 0.256. The molecular weight excluding hydrogens is 423 g/mol. The van der Waals surface area contributed by atoms with Crippen molar-refractivity contribution < 1.29 is 32.3 Å². The molecule has 0 amide bonds. The number of nitro groups is 1. The number of ether oxygens (including phenoxy) is 3. The van der Waals surface area contributed by atoms with Gasteiger partial charge in [0.25, 0.3) is 0 Å². The average Bonchev–Trinajstić information content (AvgIpc) is 3.16. The monoisotopic (exact) mass is 435 g/mol. The maximum atomic E-state index is 12.3. The molecule has 1 aliphatic heterocycles. The SMILES string of the molecule is O=[N+]([O-])c1c(Nc2ccc(OC(F)(F)F)cc2)ncnc1Nc1ccc2c(c1)OCO2. The molecule has 10 nitrogen and oxygen atoms in total. The van der Waals surface area contributed by atoms with E-state index in [1.54, 1.807) is 18.2 Å². The number of hydrogen-bond acceptors (Lipinski definition) is 9. The number of anilines is 4. The van der Waals surface area contributed by atoms with Crippen molar-refractivity contribution >= 4 is 28.7 Å². The molecule has 0 bridgehead atoms. The Bertz CT molecular complexity index is 1120. The van der Waals surface area contributed by atoms with Crippen molar-refractivity contribution in [2.75, 3.05) is 17.4 Å². The normalized spacial score (nSPS) is 12.4. The van der Waals surface area contributed by atoms with E-state index in [0.717, 1.165) is 18.5 Å². The highest BCUT2D eigenvalue weighted by Gasteiger charge is 2.31. The number of hydrogen-bond donors (Lipinski definition) is 2. The second kappa shape index (κ2) is 7.85. The molecule has 0 unspecified atom stereocenters. The lowest BCUT2D eigenvalue weighted by molar-refractivity contribution is -0.383. The van der Waals surface area contributed by atoms with Crippen LogP contribution in [0.1, 0.15) is 0 Å². The average molecular weight is 435 g/mol. The molecule has 1 aromatic heterocycles. The summed E-state index contributed by atoms with van der Waals surface area (Å²) in [5.74, 6) is 0.329. The Morgan fingerprint density at radius 1 is 0.968 bits per heavy atom. The van der Waals surface area contributed by atoms with Gasteiger partial charge in [0.05, 0.1) is 4.92 Å². The van der Waals surface area contributed by atoms with Crippen LogP contribution in [-0.4, -0.2) is 28.0 Å². The molecule has 2 N–H and O–H groups in total. The van der Waals surface area contributed by atoms with Gasteiger partial charge in [-0.2, -0.15) is 0 Å². The number of fused-ring (bicyclic) bond motifs is 1. The number of halogens is 3. The zero-order valence-corrected chi connectivity index (χ0v) is 15.3. The standard InChI is InChI=1S/C18H12F3N5O5/c19-18(20,21)31-12-4-1-10(2-5-12)24-16-15(26(27)28)17(23-8-22-16)25-11-3-6-13-14(7-11)30-9-29-13/h1-8H,9H2,(H2,22,23,24,25). The van der Waals surface area contributed by atoms with E-state index in [4.69, 9.17) is 9.47 Å². The first kappa shape index (κ1) is 20.0. The molecule has 4 rings (SSSR count). The first-order chi connectivity index (χ1) is 14.8. The summed E-state index contributed by atoms with van der Waals surface area (Å²) < 4.78 is 51.1. The number of alkyl halides is 3. The summed E-state index contributed by atoms with van der Waals surface area (Å²) in [6.07, 6.45) is -3.72. The number of rotatable bonds is 6. The lowest BCUT2D eigenvalue weighted by Crippen LogP contribution is -2.17. The minimum atomic E-state index is -4.82. The highest BCUT2D eigenvalue weighted by atomic mass is 19.4. The van der Waals surface area contributed by atoms with Gasteiger partial charge in [-0.05, 0) is 36.4 Å². The smallest absolute Gasteiger partial charge is 0.454 e. The van der Waals surface area contributed by atoms with Gasteiger partial charge in [0, 0.05) is 17.4 Å². The number of nitrogens with zero attached hydrogens (tertiary/aromatic N) is 3. The highest BCUT2D eigenvalue weighted by molar-refractivity contribution is 5.77. The number of aromatic nitrogens is 2. The lowest BCUT2D eigenvalue weighted by Gasteiger charge is -2.12. The van der Waals surface area contributed by atoms with Crippen LogP contribution in [0.3, 0.4) is 0 Å². The van der Waals surface area contributed by atoms with Gasteiger partial charge in [-0.15, -0.1) is 13.2 Å². The second-order valence-electron chi connectivity index (χ2n) is 6.07. The maximum absolute atomic E-state index is 12.3. The summed E-state index contributed by atoms with van der Waals surface area (Å²) in [6, 6.07) is 9.52. The first-order valence-corrected chi connectivity index (χ1v) is 8.57. The highest BCUT2D eigenvalue weighted by Crippen LogP contribution is 2.37. The molecule has 1 aliphatic rings. The Morgan fingerprint density at radius 2 is 1.58 bits per heavy atom. The van der Waals surface area contributed by atoms with Crippen LogP contribution in [0.15, 0.2) is 48.8 Å². The minimum absolute atomic E-state index is 0.0767. The van der Waals surface area contributed by atoms with Gasteiger partial charge in [-0.1, -0.05) is 0 Å². The molecule has 0 fully saturated rings. The van der Waals surface area contributed by atoms with Crippen LogP contribution in [0.2, 0.25) is 0 Å². The van der Waals surface area contributed by atoms with E-state index in [1.165, 1.54) is 12.1 Å². The van der Waals surface area contributed by atoms with E-state index < -0.39 is 22.7 Å². The van der Waals surface area contributed by atoms with Crippen molar-refractivity contribution in [2.45, 2.75) is 6.36 Å². The molecule has 0 saturated heterocycles. The lowest BCUT2D eigenvalue weighted by atomic mass is 10.2. The topological polar surface area (TPSA) is 121 Å². The zero-order valence-electron chi connectivity index (χ0n) is 15.3. The van der Waals surface area contributed by atoms with Gasteiger partial charge in [-0.3, -0.25) is 10.1 Å². The Morgan fingerprint density at radius 3 is 2.23 bits per heavy atom. The molecule has 160 valence electrons. The van der Waals surface area contributed by atoms with Crippen molar-refractivity contribution in [1.82, 2.24) is 9.97 Å². The summed E-state index contributed by atoms with van der Waals surface area (Å²) in [7, 11) is 0. The van der Waals surface area contributed by atoms with Gasteiger partial charge < -0.3 is 24.8 Å². The fourth-order valence-corrected chi connectivity index (χ4v) is 2.72. The summed E-state index contributed by atoms with van der Waals surface area (Å²) in [5, 5.41) is 17.2. The van der Waals surface area contributed by atoms with Crippen molar-refractivity contribution in [1.29, 1.82) is 0 Å². The Balaban J connectivity index is 1.58. The fraction of sp³-hybridized carbons (Fsp3) is 0.111. The van der Waals surface area contributed by atoms with Crippen LogP contribution in [0, 0.1) is 10.1 Å². The molecular formula is C18H12F3N5O5. The van der Waals surface area contributed by atoms with E-state index in [1.807, 2.05) is 0 Å². The van der Waals surface area contributed by atoms with Crippen LogP contribution in [-0.2, 0) is 0 Å². The van der Waals surface area contributed by atoms with Crippen LogP contribution in [0.25, 0.3) is 0 Å². The van der Waals surface area contributed by atoms with Crippen molar-refractivity contribution in [3.05, 3.63) is 58.9 Å². The Hall–Kier alpha value is -4.29. The predicted octanol–water partition coefficient (Wildman–Crippen LogP) is 4.50. The summed E-state index contributed by atoms with van der Waals surface area (Å²) >= 11 is 0. The van der Waals surface area contributed by atoms with Crippen molar-refractivity contribution in [3.63, 3.8) is 0 Å². The van der Waals surface area contributed by atoms with Gasteiger partial charge in [0.2, 0.25) is 18.4 Å². The fourth-order valence-electron chi connectivity index (χ4n) is 2.72. The number of benzene rings is 2. The van der Waals surface area contributed by atoms with Gasteiger partial charge in [-0.25, -0.2) is 9.97 Å². The molecule has 2 heterocycles. The molecule has 31 heavy (non-hydrogen) atoms. The Kier molecular flexibility index (Phi) is 5.07. The second-order valence-corrected chi connectivity index (χ2v) is 6.07. The Labute approximate surface area is 171 Å². The molecule has 3 aromatic rings. The van der Waals surface area contributed by atoms with Gasteiger partial charge in [0.15, 0.2) is 11.5 Å². The van der Waals surface area contributed by atoms with Crippen LogP contribution in [0.5, 0.6) is 17.2 Å². The van der Waals surface area contributed by atoms with E-state index in [-0.39, 0.29) is 24.1 Å². The number of nitrogens with one attached hydrogen (secondary N) is 2. The minimum Gasteiger partial charge on any atom is -0.454 e. The molecule has 0 spiro atoms. The quantitative estimate of drug-likeness (QED) is 0.426. The van der Waals surface area contributed by atoms with Crippen LogP contribution < -0.4 is 24.8 Å². The van der Waals surface area contributed by atoms with Crippen molar-refractivity contribution in [2.24, 2.45) is 0 Å². The summed E-state index contributed by atoms with van der Waals surface area (Å²) in [4.78, 5) is 18.8. The third-order valence-corrected chi connectivity index (χ3v) is 3.99. The molecule has 2 aromatic carbocycles. The predicted molar refractivity (Wildman–Crippen MR) is 101 cm³/mol. The van der Waals surface area contributed by atoms with Crippen LogP contribution in [0.4, 0.5) is 41.9 Å². The molecule has 0 saturated carbocycles. The van der Waals surface area contributed by atoms with Crippen molar-refractivity contribution in [3.8, 4) is 17.2 Å².